The fourth-order valence-corrected chi connectivity index (χ4v) is 1.52. The lowest BCUT2D eigenvalue weighted by Crippen LogP contribution is -2.26. The molecule has 0 radical (unpaired) electrons. The molecule has 1 unspecified atom stereocenters. The SMILES string of the molecule is CCCCC(Oc1ccc([N+](=O)[O-])c(O)c1)C(=O)O. The summed E-state index contributed by atoms with van der Waals surface area (Å²) in [6.07, 6.45) is 0.832. The van der Waals surface area contributed by atoms with Crippen molar-refractivity contribution < 1.29 is 24.7 Å². The molecule has 0 aromatic heterocycles. The molecule has 7 heteroatoms. The molecule has 1 aromatic rings. The molecule has 0 amide bonds. The van der Waals surface area contributed by atoms with Gasteiger partial charge in [-0.05, 0) is 18.9 Å². The zero-order valence-corrected chi connectivity index (χ0v) is 10.4. The average Bonchev–Trinajstić information content (AvgIpc) is 2.33. The molecule has 2 N–H and O–H groups in total. The van der Waals surface area contributed by atoms with Crippen molar-refractivity contribution in [3.63, 3.8) is 0 Å². The van der Waals surface area contributed by atoms with E-state index in [2.05, 4.69) is 0 Å². The Labute approximate surface area is 109 Å². The number of nitrogens with zero attached hydrogens (tertiary/aromatic N) is 1. The quantitative estimate of drug-likeness (QED) is 0.580. The lowest BCUT2D eigenvalue weighted by Gasteiger charge is -2.14. The van der Waals surface area contributed by atoms with Crippen molar-refractivity contribution >= 4 is 11.7 Å². The highest BCUT2D eigenvalue weighted by atomic mass is 16.6. The van der Waals surface area contributed by atoms with Crippen LogP contribution in [0, 0.1) is 10.1 Å². The third-order valence-corrected chi connectivity index (χ3v) is 2.52. The molecule has 0 aliphatic carbocycles. The third-order valence-electron chi connectivity index (χ3n) is 2.52. The van der Waals surface area contributed by atoms with Crippen LogP contribution in [0.25, 0.3) is 0 Å². The van der Waals surface area contributed by atoms with Crippen LogP contribution in [0.2, 0.25) is 0 Å². The molecular formula is C12H15NO6. The number of benzene rings is 1. The monoisotopic (exact) mass is 269 g/mol. The number of rotatable bonds is 7. The van der Waals surface area contributed by atoms with Crippen LogP contribution in [-0.4, -0.2) is 27.2 Å². The first-order valence-electron chi connectivity index (χ1n) is 5.82. The van der Waals surface area contributed by atoms with Crippen LogP contribution in [0.15, 0.2) is 18.2 Å². The van der Waals surface area contributed by atoms with E-state index in [4.69, 9.17) is 9.84 Å². The van der Waals surface area contributed by atoms with Gasteiger partial charge < -0.3 is 14.9 Å². The Hall–Kier alpha value is -2.31. The van der Waals surface area contributed by atoms with Gasteiger partial charge in [0.15, 0.2) is 11.9 Å². The van der Waals surface area contributed by atoms with E-state index in [1.54, 1.807) is 0 Å². The number of ether oxygens (including phenoxy) is 1. The van der Waals surface area contributed by atoms with Gasteiger partial charge in [0.25, 0.3) is 0 Å². The Kier molecular flexibility index (Phi) is 5.11. The second-order valence-electron chi connectivity index (χ2n) is 3.99. The molecule has 0 spiro atoms. The number of aromatic hydroxyl groups is 1. The maximum Gasteiger partial charge on any atom is 0.344 e. The molecule has 0 saturated carbocycles. The Balaban J connectivity index is 2.82. The lowest BCUT2D eigenvalue weighted by atomic mass is 10.1. The summed E-state index contributed by atoms with van der Waals surface area (Å²) in [5, 5.41) is 28.9. The molecule has 1 atom stereocenters. The molecule has 0 heterocycles. The lowest BCUT2D eigenvalue weighted by molar-refractivity contribution is -0.385. The van der Waals surface area contributed by atoms with Crippen LogP contribution in [0.1, 0.15) is 26.2 Å². The van der Waals surface area contributed by atoms with Gasteiger partial charge in [-0.1, -0.05) is 13.3 Å². The number of carboxylic acids is 1. The van der Waals surface area contributed by atoms with E-state index in [1.165, 1.54) is 6.07 Å². The molecule has 19 heavy (non-hydrogen) atoms. The van der Waals surface area contributed by atoms with Crippen molar-refractivity contribution in [3.8, 4) is 11.5 Å². The molecule has 1 aromatic carbocycles. The highest BCUT2D eigenvalue weighted by Crippen LogP contribution is 2.30. The van der Waals surface area contributed by atoms with Crippen molar-refractivity contribution in [2.24, 2.45) is 0 Å². The van der Waals surface area contributed by atoms with Gasteiger partial charge in [-0.25, -0.2) is 4.79 Å². The highest BCUT2D eigenvalue weighted by Gasteiger charge is 2.20. The second kappa shape index (κ2) is 6.58. The van der Waals surface area contributed by atoms with Gasteiger partial charge in [0.05, 0.1) is 4.92 Å². The van der Waals surface area contributed by atoms with Gasteiger partial charge >= 0.3 is 11.7 Å². The van der Waals surface area contributed by atoms with Crippen molar-refractivity contribution in [1.29, 1.82) is 0 Å². The minimum absolute atomic E-state index is 0.0894. The predicted octanol–water partition coefficient (Wildman–Crippen LogP) is 2.32. The molecule has 0 saturated heterocycles. The van der Waals surface area contributed by atoms with Gasteiger partial charge in [-0.3, -0.25) is 10.1 Å². The van der Waals surface area contributed by atoms with E-state index in [9.17, 15) is 20.0 Å². The number of nitro benzene ring substituents is 1. The van der Waals surface area contributed by atoms with E-state index in [0.717, 1.165) is 18.6 Å². The second-order valence-corrected chi connectivity index (χ2v) is 3.99. The highest BCUT2D eigenvalue weighted by molar-refractivity contribution is 5.72. The summed E-state index contributed by atoms with van der Waals surface area (Å²) < 4.78 is 5.21. The normalized spacial score (nSPS) is 11.8. The summed E-state index contributed by atoms with van der Waals surface area (Å²) in [6, 6.07) is 3.38. The van der Waals surface area contributed by atoms with E-state index in [-0.39, 0.29) is 5.75 Å². The first-order valence-corrected chi connectivity index (χ1v) is 5.82. The zero-order valence-electron chi connectivity index (χ0n) is 10.4. The van der Waals surface area contributed by atoms with Crippen LogP contribution < -0.4 is 4.74 Å². The number of hydrogen-bond donors (Lipinski definition) is 2. The first-order chi connectivity index (χ1) is 8.95. The largest absolute Gasteiger partial charge is 0.502 e. The molecular weight excluding hydrogens is 254 g/mol. The fourth-order valence-electron chi connectivity index (χ4n) is 1.52. The van der Waals surface area contributed by atoms with Gasteiger partial charge in [0.2, 0.25) is 0 Å². The summed E-state index contributed by atoms with van der Waals surface area (Å²) in [4.78, 5) is 20.8. The molecule has 0 fully saturated rings. The van der Waals surface area contributed by atoms with Crippen molar-refractivity contribution in [2.45, 2.75) is 32.3 Å². The van der Waals surface area contributed by atoms with Crippen molar-refractivity contribution in [3.05, 3.63) is 28.3 Å². The van der Waals surface area contributed by atoms with E-state index in [1.807, 2.05) is 6.92 Å². The number of nitro groups is 1. The fraction of sp³-hybridized carbons (Fsp3) is 0.417. The zero-order chi connectivity index (χ0) is 14.4. The molecule has 0 bridgehead atoms. The standard InChI is InChI=1S/C12H15NO6/c1-2-3-4-11(12(15)16)19-8-5-6-9(13(17)18)10(14)7-8/h5-7,11,14H,2-4H2,1H3,(H,15,16). The van der Waals surface area contributed by atoms with Gasteiger partial charge in [-0.15, -0.1) is 0 Å². The smallest absolute Gasteiger partial charge is 0.344 e. The van der Waals surface area contributed by atoms with Crippen LogP contribution in [-0.2, 0) is 4.79 Å². The molecule has 0 aliphatic rings. The van der Waals surface area contributed by atoms with E-state index < -0.39 is 28.4 Å². The Morgan fingerprint density at radius 2 is 2.21 bits per heavy atom. The van der Waals surface area contributed by atoms with Crippen molar-refractivity contribution in [1.82, 2.24) is 0 Å². The Bertz CT molecular complexity index is 473. The van der Waals surface area contributed by atoms with E-state index in [0.29, 0.717) is 12.8 Å². The van der Waals surface area contributed by atoms with Crippen LogP contribution in [0.5, 0.6) is 11.5 Å². The van der Waals surface area contributed by atoms with E-state index >= 15 is 0 Å². The van der Waals surface area contributed by atoms with Crippen molar-refractivity contribution in [2.75, 3.05) is 0 Å². The minimum atomic E-state index is -1.11. The maximum absolute atomic E-state index is 11.0. The minimum Gasteiger partial charge on any atom is -0.502 e. The van der Waals surface area contributed by atoms with Crippen LogP contribution in [0.4, 0.5) is 5.69 Å². The number of aliphatic carboxylic acids is 1. The molecule has 7 nitrogen and oxygen atoms in total. The average molecular weight is 269 g/mol. The number of hydrogen-bond acceptors (Lipinski definition) is 5. The summed E-state index contributed by atoms with van der Waals surface area (Å²) in [6.45, 7) is 1.93. The molecule has 0 aliphatic heterocycles. The van der Waals surface area contributed by atoms with Gasteiger partial charge in [0, 0.05) is 12.1 Å². The number of unbranched alkanes of at least 4 members (excludes halogenated alkanes) is 1. The number of phenolic OH excluding ortho intramolecular Hbond substituents is 1. The maximum atomic E-state index is 11.0. The summed E-state index contributed by atoms with van der Waals surface area (Å²) in [5.74, 6) is -1.57. The number of phenols is 1. The van der Waals surface area contributed by atoms with Crippen LogP contribution in [0.3, 0.4) is 0 Å². The number of carbonyl (C=O) groups is 1. The van der Waals surface area contributed by atoms with Gasteiger partial charge in [-0.2, -0.15) is 0 Å². The first kappa shape index (κ1) is 14.7. The third kappa shape index (κ3) is 4.13. The topological polar surface area (TPSA) is 110 Å². The Morgan fingerprint density at radius 1 is 1.53 bits per heavy atom. The molecule has 1 rings (SSSR count). The summed E-state index contributed by atoms with van der Waals surface area (Å²) >= 11 is 0. The predicted molar refractivity (Wildman–Crippen MR) is 66.3 cm³/mol. The van der Waals surface area contributed by atoms with Crippen LogP contribution >= 0.6 is 0 Å². The molecule has 104 valence electrons. The summed E-state index contributed by atoms with van der Waals surface area (Å²) in [7, 11) is 0. The number of carboxylic acid groups (broad SMARTS) is 1. The van der Waals surface area contributed by atoms with Gasteiger partial charge in [0.1, 0.15) is 5.75 Å². The Morgan fingerprint density at radius 3 is 2.68 bits per heavy atom. The summed E-state index contributed by atoms with van der Waals surface area (Å²) in [5.41, 5.74) is -0.451.